The summed E-state index contributed by atoms with van der Waals surface area (Å²) in [5, 5.41) is 5.31. The zero-order valence-corrected chi connectivity index (χ0v) is 11.4. The van der Waals surface area contributed by atoms with Gasteiger partial charge >= 0.3 is 0 Å². The molecule has 4 nitrogen and oxygen atoms in total. The first-order chi connectivity index (χ1) is 9.24. The van der Waals surface area contributed by atoms with Gasteiger partial charge in [-0.2, -0.15) is 0 Å². The fourth-order valence-electron chi connectivity index (χ4n) is 1.78. The predicted octanol–water partition coefficient (Wildman–Crippen LogP) is 2.98. The molecule has 0 fully saturated rings. The minimum Gasteiger partial charge on any atom is -0.346 e. The third kappa shape index (κ3) is 2.47. The van der Waals surface area contributed by atoms with Crippen molar-refractivity contribution in [3.63, 3.8) is 0 Å². The van der Waals surface area contributed by atoms with E-state index in [-0.39, 0.29) is 5.91 Å². The van der Waals surface area contributed by atoms with Gasteiger partial charge in [0.15, 0.2) is 0 Å². The van der Waals surface area contributed by atoms with Crippen molar-refractivity contribution in [1.29, 1.82) is 0 Å². The molecule has 3 aromatic heterocycles. The molecule has 0 aliphatic carbocycles. The molecule has 0 aliphatic heterocycles. The molecular weight excluding hydrogens is 282 g/mol. The molecule has 3 aromatic rings. The van der Waals surface area contributed by atoms with Crippen LogP contribution < -0.4 is 5.32 Å². The van der Waals surface area contributed by atoms with Gasteiger partial charge in [0.25, 0.3) is 5.91 Å². The summed E-state index contributed by atoms with van der Waals surface area (Å²) in [7, 11) is 0. The number of aromatic nitrogens is 2. The van der Waals surface area contributed by atoms with Gasteiger partial charge in [-0.1, -0.05) is 23.7 Å². The summed E-state index contributed by atoms with van der Waals surface area (Å²) in [6, 6.07) is 9.16. The topological polar surface area (TPSA) is 46.4 Å². The lowest BCUT2D eigenvalue weighted by atomic mass is 10.4. The molecule has 3 rings (SSSR count). The van der Waals surface area contributed by atoms with E-state index in [1.54, 1.807) is 16.5 Å². The smallest absolute Gasteiger partial charge is 0.261 e. The van der Waals surface area contributed by atoms with Crippen molar-refractivity contribution in [2.75, 3.05) is 0 Å². The van der Waals surface area contributed by atoms with E-state index < -0.39 is 0 Å². The van der Waals surface area contributed by atoms with Crippen LogP contribution in [-0.4, -0.2) is 15.3 Å². The highest BCUT2D eigenvalue weighted by atomic mass is 35.5. The standard InChI is InChI=1S/C13H10ClN3OS/c14-11-4-1-5-12-16-9(8-17(11)12)7-15-13(18)10-3-2-6-19-10/h1-6,8H,7H2,(H,15,18). The molecule has 0 saturated heterocycles. The Kier molecular flexibility index (Phi) is 3.23. The van der Waals surface area contributed by atoms with Crippen molar-refractivity contribution in [2.45, 2.75) is 6.54 Å². The number of rotatable bonds is 3. The zero-order chi connectivity index (χ0) is 13.2. The number of thiophene rings is 1. The number of carbonyl (C=O) groups is 1. The van der Waals surface area contributed by atoms with Crippen LogP contribution in [-0.2, 0) is 6.54 Å². The average Bonchev–Trinajstić information content (AvgIpc) is 3.05. The number of hydrogen-bond donors (Lipinski definition) is 1. The van der Waals surface area contributed by atoms with E-state index in [1.165, 1.54) is 11.3 Å². The summed E-state index contributed by atoms with van der Waals surface area (Å²) >= 11 is 7.47. The molecule has 1 N–H and O–H groups in total. The quantitative estimate of drug-likeness (QED) is 0.754. The third-order valence-electron chi connectivity index (χ3n) is 2.67. The highest BCUT2D eigenvalue weighted by molar-refractivity contribution is 7.12. The van der Waals surface area contributed by atoms with E-state index in [9.17, 15) is 4.79 Å². The molecule has 96 valence electrons. The van der Waals surface area contributed by atoms with E-state index >= 15 is 0 Å². The summed E-state index contributed by atoms with van der Waals surface area (Å²) in [4.78, 5) is 16.9. The molecule has 0 atom stereocenters. The van der Waals surface area contributed by atoms with Crippen LogP contribution in [0.5, 0.6) is 0 Å². The number of nitrogens with one attached hydrogen (secondary N) is 1. The molecule has 0 saturated carbocycles. The molecule has 0 spiro atoms. The van der Waals surface area contributed by atoms with Crippen LogP contribution in [0.25, 0.3) is 5.65 Å². The Balaban J connectivity index is 1.75. The first-order valence-electron chi connectivity index (χ1n) is 5.68. The van der Waals surface area contributed by atoms with Gasteiger partial charge in [0.05, 0.1) is 17.1 Å². The Labute approximate surface area is 118 Å². The summed E-state index contributed by atoms with van der Waals surface area (Å²) in [6.45, 7) is 0.384. The second-order valence-corrected chi connectivity index (χ2v) is 5.30. The minimum absolute atomic E-state index is 0.0850. The molecular formula is C13H10ClN3OS. The number of fused-ring (bicyclic) bond motifs is 1. The van der Waals surface area contributed by atoms with Crippen LogP contribution in [0.1, 0.15) is 15.4 Å². The van der Waals surface area contributed by atoms with Crippen molar-refractivity contribution in [3.05, 3.63) is 57.6 Å². The van der Waals surface area contributed by atoms with Crippen LogP contribution in [0.3, 0.4) is 0 Å². The first-order valence-corrected chi connectivity index (χ1v) is 6.94. The highest BCUT2D eigenvalue weighted by Gasteiger charge is 2.08. The number of pyridine rings is 1. The van der Waals surface area contributed by atoms with E-state index in [1.807, 2.05) is 29.8 Å². The SMILES string of the molecule is O=C(NCc1cn2c(Cl)cccc2n1)c1cccs1. The summed E-state index contributed by atoms with van der Waals surface area (Å²) in [5.74, 6) is -0.0850. The zero-order valence-electron chi connectivity index (χ0n) is 9.84. The first kappa shape index (κ1) is 12.2. The number of halogens is 1. The third-order valence-corrected chi connectivity index (χ3v) is 3.84. The summed E-state index contributed by atoms with van der Waals surface area (Å²) < 4.78 is 1.79. The number of hydrogen-bond acceptors (Lipinski definition) is 3. The molecule has 3 heterocycles. The predicted molar refractivity (Wildman–Crippen MR) is 75.7 cm³/mol. The second-order valence-electron chi connectivity index (χ2n) is 3.97. The van der Waals surface area contributed by atoms with Gasteiger partial charge in [-0.25, -0.2) is 4.98 Å². The lowest BCUT2D eigenvalue weighted by Crippen LogP contribution is -2.21. The van der Waals surface area contributed by atoms with Crippen LogP contribution in [0.15, 0.2) is 41.9 Å². The van der Waals surface area contributed by atoms with Gasteiger partial charge in [0.2, 0.25) is 0 Å². The van der Waals surface area contributed by atoms with E-state index in [0.29, 0.717) is 16.6 Å². The Bertz CT molecular complexity index is 721. The largest absolute Gasteiger partial charge is 0.346 e. The van der Waals surface area contributed by atoms with E-state index in [0.717, 1.165) is 11.3 Å². The highest BCUT2D eigenvalue weighted by Crippen LogP contribution is 2.13. The number of amides is 1. The number of imidazole rings is 1. The van der Waals surface area contributed by atoms with Crippen molar-refractivity contribution >= 4 is 34.5 Å². The fourth-order valence-corrected chi connectivity index (χ4v) is 2.63. The lowest BCUT2D eigenvalue weighted by Gasteiger charge is -1.99. The Morgan fingerprint density at radius 1 is 1.37 bits per heavy atom. The molecule has 0 radical (unpaired) electrons. The molecule has 6 heteroatoms. The second kappa shape index (κ2) is 5.03. The molecule has 0 aliphatic rings. The molecule has 0 bridgehead atoms. The van der Waals surface area contributed by atoms with Crippen molar-refractivity contribution in [1.82, 2.24) is 14.7 Å². The number of nitrogens with zero attached hydrogens (tertiary/aromatic N) is 2. The monoisotopic (exact) mass is 291 g/mol. The van der Waals surface area contributed by atoms with Crippen LogP contribution >= 0.6 is 22.9 Å². The maximum absolute atomic E-state index is 11.8. The van der Waals surface area contributed by atoms with Gasteiger partial charge in [-0.3, -0.25) is 9.20 Å². The van der Waals surface area contributed by atoms with Crippen molar-refractivity contribution in [2.24, 2.45) is 0 Å². The summed E-state index contributed by atoms with van der Waals surface area (Å²) in [6.07, 6.45) is 1.83. The molecule has 19 heavy (non-hydrogen) atoms. The summed E-state index contributed by atoms with van der Waals surface area (Å²) in [5.41, 5.74) is 1.55. The van der Waals surface area contributed by atoms with Gasteiger partial charge in [-0.05, 0) is 23.6 Å². The maximum Gasteiger partial charge on any atom is 0.261 e. The average molecular weight is 292 g/mol. The van der Waals surface area contributed by atoms with Gasteiger partial charge in [-0.15, -0.1) is 11.3 Å². The van der Waals surface area contributed by atoms with Crippen LogP contribution in [0, 0.1) is 0 Å². The number of carbonyl (C=O) groups excluding carboxylic acids is 1. The van der Waals surface area contributed by atoms with Crippen LogP contribution in [0.2, 0.25) is 5.15 Å². The fraction of sp³-hybridized carbons (Fsp3) is 0.0769. The van der Waals surface area contributed by atoms with Gasteiger partial charge < -0.3 is 5.32 Å². The van der Waals surface area contributed by atoms with Crippen LogP contribution in [0.4, 0.5) is 0 Å². The Morgan fingerprint density at radius 2 is 2.26 bits per heavy atom. The lowest BCUT2D eigenvalue weighted by molar-refractivity contribution is 0.0954. The van der Waals surface area contributed by atoms with Gasteiger partial charge in [0, 0.05) is 6.20 Å². The van der Waals surface area contributed by atoms with Crippen molar-refractivity contribution in [3.8, 4) is 0 Å². The Hall–Kier alpha value is -1.85. The van der Waals surface area contributed by atoms with E-state index in [4.69, 9.17) is 11.6 Å². The van der Waals surface area contributed by atoms with Crippen molar-refractivity contribution < 1.29 is 4.79 Å². The molecule has 0 unspecified atom stereocenters. The minimum atomic E-state index is -0.0850. The van der Waals surface area contributed by atoms with Gasteiger partial charge in [0.1, 0.15) is 10.8 Å². The molecule has 0 aromatic carbocycles. The molecule has 1 amide bonds. The normalized spacial score (nSPS) is 10.8. The maximum atomic E-state index is 11.8. The Morgan fingerprint density at radius 3 is 3.00 bits per heavy atom. The van der Waals surface area contributed by atoms with E-state index in [2.05, 4.69) is 10.3 Å².